The third kappa shape index (κ3) is 2.35. The minimum absolute atomic E-state index is 0.751. The first-order valence-electron chi connectivity index (χ1n) is 8.64. The highest BCUT2D eigenvalue weighted by molar-refractivity contribution is 5.02. The minimum atomic E-state index is 0.751. The van der Waals surface area contributed by atoms with Crippen molar-refractivity contribution in [1.29, 1.82) is 0 Å². The van der Waals surface area contributed by atoms with Crippen LogP contribution in [0.25, 0.3) is 0 Å². The molecule has 2 heteroatoms. The molecule has 0 aromatic carbocycles. The van der Waals surface area contributed by atoms with Gasteiger partial charge in [-0.1, -0.05) is 0 Å². The van der Waals surface area contributed by atoms with Crippen molar-refractivity contribution < 1.29 is 0 Å². The number of rotatable bonds is 3. The van der Waals surface area contributed by atoms with Crippen molar-refractivity contribution in [3.05, 3.63) is 0 Å². The summed E-state index contributed by atoms with van der Waals surface area (Å²) >= 11 is 0. The fraction of sp³-hybridized carbons (Fsp3) is 1.00. The average Bonchev–Trinajstić information content (AvgIpc) is 2.37. The van der Waals surface area contributed by atoms with E-state index >= 15 is 0 Å². The Balaban J connectivity index is 1.40. The van der Waals surface area contributed by atoms with Gasteiger partial charge in [-0.15, -0.1) is 0 Å². The molecule has 1 heterocycles. The molecule has 4 aliphatic carbocycles. The van der Waals surface area contributed by atoms with E-state index in [0.29, 0.717) is 0 Å². The number of likely N-dealkylation sites (tertiary alicyclic amines) is 1. The molecule has 0 aromatic rings. The lowest BCUT2D eigenvalue weighted by Gasteiger charge is -2.58. The zero-order valence-corrected chi connectivity index (χ0v) is 12.5. The first kappa shape index (κ1) is 12.6. The zero-order chi connectivity index (χ0) is 12.9. The van der Waals surface area contributed by atoms with Gasteiger partial charge in [0.25, 0.3) is 0 Å². The summed E-state index contributed by atoms with van der Waals surface area (Å²) in [6.07, 6.45) is 12.2. The van der Waals surface area contributed by atoms with Gasteiger partial charge in [0.2, 0.25) is 0 Å². The summed E-state index contributed by atoms with van der Waals surface area (Å²) < 4.78 is 0. The van der Waals surface area contributed by atoms with Crippen molar-refractivity contribution in [2.24, 2.45) is 23.2 Å². The van der Waals surface area contributed by atoms with Crippen molar-refractivity contribution in [3.63, 3.8) is 0 Å². The first-order chi connectivity index (χ1) is 9.25. The molecule has 1 saturated heterocycles. The molecule has 0 atom stereocenters. The summed E-state index contributed by atoms with van der Waals surface area (Å²) in [6.45, 7) is 4.12. The van der Waals surface area contributed by atoms with Gasteiger partial charge in [-0.2, -0.15) is 0 Å². The Bertz CT molecular complexity index is 295. The summed E-state index contributed by atoms with van der Waals surface area (Å²) in [5, 5.41) is 3.46. The predicted molar refractivity (Wildman–Crippen MR) is 79.1 cm³/mol. The molecule has 0 unspecified atom stereocenters. The predicted octanol–water partition coefficient (Wildman–Crippen LogP) is 2.89. The highest BCUT2D eigenvalue weighted by Gasteiger charge is 2.51. The normalized spacial score (nSPS) is 46.9. The molecule has 0 spiro atoms. The maximum absolute atomic E-state index is 3.46. The first-order valence-corrected chi connectivity index (χ1v) is 8.64. The number of piperidine rings is 1. The lowest BCUT2D eigenvalue weighted by molar-refractivity contribution is -0.0716. The topological polar surface area (TPSA) is 15.3 Å². The fourth-order valence-electron chi connectivity index (χ4n) is 6.34. The van der Waals surface area contributed by atoms with Gasteiger partial charge in [-0.25, -0.2) is 0 Å². The number of hydrogen-bond acceptors (Lipinski definition) is 2. The van der Waals surface area contributed by atoms with E-state index in [0.717, 1.165) is 29.2 Å². The van der Waals surface area contributed by atoms with Crippen molar-refractivity contribution in [3.8, 4) is 0 Å². The maximum atomic E-state index is 3.46. The molecule has 1 aliphatic heterocycles. The van der Waals surface area contributed by atoms with E-state index in [-0.39, 0.29) is 0 Å². The fourth-order valence-corrected chi connectivity index (χ4v) is 6.34. The number of hydrogen-bond donors (Lipinski definition) is 1. The van der Waals surface area contributed by atoms with Crippen molar-refractivity contribution >= 4 is 0 Å². The Morgan fingerprint density at radius 2 is 1.47 bits per heavy atom. The Morgan fingerprint density at radius 1 is 0.947 bits per heavy atom. The highest BCUT2D eigenvalue weighted by Crippen LogP contribution is 2.60. The standard InChI is InChI=1S/C17H30N2/c1-18-16-2-4-19(5-3-16)12-17-9-13-6-14(10-17)8-15(7-13)11-17/h13-16,18H,2-12H2,1H3. The Morgan fingerprint density at radius 3 is 1.95 bits per heavy atom. The molecular weight excluding hydrogens is 232 g/mol. The van der Waals surface area contributed by atoms with Crippen molar-refractivity contribution in [1.82, 2.24) is 10.2 Å². The van der Waals surface area contributed by atoms with E-state index in [1.165, 1.54) is 32.5 Å². The van der Waals surface area contributed by atoms with Crippen molar-refractivity contribution in [2.45, 2.75) is 57.4 Å². The van der Waals surface area contributed by atoms with Gasteiger partial charge in [0, 0.05) is 12.6 Å². The molecule has 1 N–H and O–H groups in total. The summed E-state index contributed by atoms with van der Waals surface area (Å²) in [5.41, 5.74) is 0.751. The van der Waals surface area contributed by atoms with E-state index in [1.807, 2.05) is 0 Å². The monoisotopic (exact) mass is 262 g/mol. The Kier molecular flexibility index (Phi) is 3.15. The molecule has 108 valence electrons. The van der Waals surface area contributed by atoms with Gasteiger partial charge in [-0.3, -0.25) is 0 Å². The van der Waals surface area contributed by atoms with Crippen LogP contribution >= 0.6 is 0 Å². The quantitative estimate of drug-likeness (QED) is 0.841. The van der Waals surface area contributed by atoms with Gasteiger partial charge < -0.3 is 10.2 Å². The van der Waals surface area contributed by atoms with E-state index in [2.05, 4.69) is 17.3 Å². The summed E-state index contributed by atoms with van der Waals surface area (Å²) in [4.78, 5) is 2.81. The van der Waals surface area contributed by atoms with Crippen molar-refractivity contribution in [2.75, 3.05) is 26.7 Å². The molecule has 19 heavy (non-hydrogen) atoms. The second kappa shape index (κ2) is 4.73. The molecule has 0 aromatic heterocycles. The Hall–Kier alpha value is -0.0800. The van der Waals surface area contributed by atoms with E-state index in [9.17, 15) is 0 Å². The van der Waals surface area contributed by atoms with Crippen LogP contribution in [0.15, 0.2) is 0 Å². The smallest absolute Gasteiger partial charge is 0.00884 e. The number of nitrogens with zero attached hydrogens (tertiary/aromatic N) is 1. The van der Waals surface area contributed by atoms with Gasteiger partial charge in [-0.05, 0) is 94.7 Å². The van der Waals surface area contributed by atoms with Gasteiger partial charge in [0.15, 0.2) is 0 Å². The molecule has 4 bridgehead atoms. The maximum Gasteiger partial charge on any atom is 0.00884 e. The highest BCUT2D eigenvalue weighted by atomic mass is 15.1. The van der Waals surface area contributed by atoms with Crippen LogP contribution in [-0.2, 0) is 0 Å². The van der Waals surface area contributed by atoms with Gasteiger partial charge in [0.1, 0.15) is 0 Å². The van der Waals surface area contributed by atoms with Crippen LogP contribution in [0.4, 0.5) is 0 Å². The molecule has 4 saturated carbocycles. The molecule has 5 rings (SSSR count). The SMILES string of the molecule is CNC1CCN(CC23CC4CC(CC(C4)C2)C3)CC1. The lowest BCUT2D eigenvalue weighted by atomic mass is 9.49. The second-order valence-corrected chi connectivity index (χ2v) is 8.26. The summed E-state index contributed by atoms with van der Waals surface area (Å²) in [5.74, 6) is 3.34. The second-order valence-electron chi connectivity index (χ2n) is 8.26. The van der Waals surface area contributed by atoms with Crippen LogP contribution in [0.1, 0.15) is 51.4 Å². The van der Waals surface area contributed by atoms with Crippen LogP contribution in [-0.4, -0.2) is 37.6 Å². The molecule has 5 aliphatic rings. The van der Waals surface area contributed by atoms with E-state index in [4.69, 9.17) is 0 Å². The van der Waals surface area contributed by atoms with Gasteiger partial charge in [0.05, 0.1) is 0 Å². The van der Waals surface area contributed by atoms with Crippen LogP contribution < -0.4 is 5.32 Å². The van der Waals surface area contributed by atoms with Crippen LogP contribution in [0.3, 0.4) is 0 Å². The zero-order valence-electron chi connectivity index (χ0n) is 12.5. The summed E-state index contributed by atoms with van der Waals surface area (Å²) in [6, 6.07) is 0.785. The average molecular weight is 262 g/mol. The molecule has 5 fully saturated rings. The van der Waals surface area contributed by atoms with Crippen LogP contribution in [0, 0.1) is 23.2 Å². The summed E-state index contributed by atoms with van der Waals surface area (Å²) in [7, 11) is 2.12. The third-order valence-corrected chi connectivity index (χ3v) is 6.72. The molecular formula is C17H30N2. The van der Waals surface area contributed by atoms with Gasteiger partial charge >= 0.3 is 0 Å². The lowest BCUT2D eigenvalue weighted by Crippen LogP contribution is -2.53. The molecule has 2 nitrogen and oxygen atoms in total. The van der Waals surface area contributed by atoms with Crippen LogP contribution in [0.5, 0.6) is 0 Å². The third-order valence-electron chi connectivity index (χ3n) is 6.72. The minimum Gasteiger partial charge on any atom is -0.317 e. The van der Waals surface area contributed by atoms with Crippen LogP contribution in [0.2, 0.25) is 0 Å². The largest absolute Gasteiger partial charge is 0.317 e. The molecule has 0 amide bonds. The van der Waals surface area contributed by atoms with E-state index in [1.54, 1.807) is 38.5 Å². The molecule has 0 radical (unpaired) electrons. The number of nitrogens with one attached hydrogen (secondary N) is 1. The van der Waals surface area contributed by atoms with E-state index < -0.39 is 0 Å². The Labute approximate surface area is 118 Å².